The third-order valence-electron chi connectivity index (χ3n) is 3.09. The zero-order valence-corrected chi connectivity index (χ0v) is 8.50. The molecule has 13 heavy (non-hydrogen) atoms. The van der Waals surface area contributed by atoms with E-state index in [2.05, 4.69) is 19.2 Å². The molecule has 0 saturated carbocycles. The molecule has 0 spiro atoms. The van der Waals surface area contributed by atoms with Gasteiger partial charge in [-0.3, -0.25) is 0 Å². The lowest BCUT2D eigenvalue weighted by Gasteiger charge is -2.46. The first kappa shape index (κ1) is 10.3. The van der Waals surface area contributed by atoms with Crippen molar-refractivity contribution in [3.05, 3.63) is 0 Å². The fraction of sp³-hybridized carbons (Fsp3) is 0.889. The molecule has 1 aliphatic rings. The van der Waals surface area contributed by atoms with Crippen LogP contribution in [0.25, 0.3) is 0 Å². The molecule has 0 radical (unpaired) electrons. The summed E-state index contributed by atoms with van der Waals surface area (Å²) in [7, 11) is 0. The van der Waals surface area contributed by atoms with Crippen LogP contribution in [0.15, 0.2) is 0 Å². The van der Waals surface area contributed by atoms with Crippen molar-refractivity contribution in [2.24, 2.45) is 5.92 Å². The molecule has 2 N–H and O–H groups in total. The van der Waals surface area contributed by atoms with Crippen molar-refractivity contribution in [3.8, 4) is 0 Å². The number of rotatable bonds is 1. The van der Waals surface area contributed by atoms with Crippen LogP contribution in [0.4, 0.5) is 4.79 Å². The SMILES string of the molecule is CC(C)C1(C)CNCCN1C(=O)O. The summed E-state index contributed by atoms with van der Waals surface area (Å²) in [6.45, 7) is 8.21. The van der Waals surface area contributed by atoms with Gasteiger partial charge in [-0.2, -0.15) is 0 Å². The molecule has 1 heterocycles. The van der Waals surface area contributed by atoms with Gasteiger partial charge in [-0.05, 0) is 12.8 Å². The van der Waals surface area contributed by atoms with E-state index in [4.69, 9.17) is 5.11 Å². The minimum absolute atomic E-state index is 0.260. The number of amides is 1. The predicted octanol–water partition coefficient (Wildman–Crippen LogP) is 0.984. The second kappa shape index (κ2) is 3.54. The molecule has 4 heteroatoms. The number of nitrogens with zero attached hydrogens (tertiary/aromatic N) is 1. The van der Waals surface area contributed by atoms with Gasteiger partial charge in [0, 0.05) is 19.6 Å². The molecule has 1 saturated heterocycles. The second-order valence-electron chi connectivity index (χ2n) is 4.12. The Morgan fingerprint density at radius 3 is 2.62 bits per heavy atom. The zero-order chi connectivity index (χ0) is 10.1. The maximum Gasteiger partial charge on any atom is 0.407 e. The molecule has 1 amide bonds. The highest BCUT2D eigenvalue weighted by Crippen LogP contribution is 2.25. The lowest BCUT2D eigenvalue weighted by Crippen LogP contribution is -2.63. The molecule has 0 aromatic carbocycles. The van der Waals surface area contributed by atoms with Crippen LogP contribution in [0.3, 0.4) is 0 Å². The summed E-state index contributed by atoms with van der Waals surface area (Å²) in [6, 6.07) is 0. The van der Waals surface area contributed by atoms with E-state index in [0.717, 1.165) is 13.1 Å². The largest absolute Gasteiger partial charge is 0.465 e. The first-order valence-corrected chi connectivity index (χ1v) is 4.70. The lowest BCUT2D eigenvalue weighted by molar-refractivity contribution is 0.0394. The minimum Gasteiger partial charge on any atom is -0.465 e. The van der Waals surface area contributed by atoms with Crippen molar-refractivity contribution in [2.45, 2.75) is 26.3 Å². The lowest BCUT2D eigenvalue weighted by atomic mass is 9.85. The van der Waals surface area contributed by atoms with Gasteiger partial charge in [0.15, 0.2) is 0 Å². The maximum atomic E-state index is 11.0. The van der Waals surface area contributed by atoms with Crippen molar-refractivity contribution in [2.75, 3.05) is 19.6 Å². The molecule has 76 valence electrons. The Hall–Kier alpha value is -0.770. The van der Waals surface area contributed by atoms with Crippen LogP contribution in [-0.4, -0.2) is 41.3 Å². The monoisotopic (exact) mass is 186 g/mol. The molecule has 0 aliphatic carbocycles. The molecular formula is C9H18N2O2. The molecule has 1 atom stereocenters. The van der Waals surface area contributed by atoms with Crippen LogP contribution >= 0.6 is 0 Å². The van der Waals surface area contributed by atoms with E-state index in [0.29, 0.717) is 12.5 Å². The number of carbonyl (C=O) groups is 1. The van der Waals surface area contributed by atoms with Crippen molar-refractivity contribution >= 4 is 6.09 Å². The number of hydrogen-bond donors (Lipinski definition) is 2. The Bertz CT molecular complexity index is 206. The molecule has 0 bridgehead atoms. The summed E-state index contributed by atoms with van der Waals surface area (Å²) in [4.78, 5) is 12.5. The van der Waals surface area contributed by atoms with Crippen LogP contribution in [0.2, 0.25) is 0 Å². The quantitative estimate of drug-likeness (QED) is 0.642. The van der Waals surface area contributed by atoms with Crippen molar-refractivity contribution in [3.63, 3.8) is 0 Å². The summed E-state index contributed by atoms with van der Waals surface area (Å²) in [5.74, 6) is 0.330. The van der Waals surface area contributed by atoms with E-state index >= 15 is 0 Å². The zero-order valence-electron chi connectivity index (χ0n) is 8.50. The summed E-state index contributed by atoms with van der Waals surface area (Å²) < 4.78 is 0. The van der Waals surface area contributed by atoms with Gasteiger partial charge in [0.25, 0.3) is 0 Å². The summed E-state index contributed by atoms with van der Waals surface area (Å²) in [6.07, 6.45) is -0.808. The summed E-state index contributed by atoms with van der Waals surface area (Å²) in [5.41, 5.74) is -0.260. The number of piperazine rings is 1. The van der Waals surface area contributed by atoms with E-state index < -0.39 is 6.09 Å². The average Bonchev–Trinajstić information content (AvgIpc) is 2.04. The number of carboxylic acid groups (broad SMARTS) is 1. The van der Waals surface area contributed by atoms with Crippen molar-refractivity contribution < 1.29 is 9.90 Å². The molecule has 1 rings (SSSR count). The van der Waals surface area contributed by atoms with Gasteiger partial charge in [-0.15, -0.1) is 0 Å². The van der Waals surface area contributed by atoms with Crippen molar-refractivity contribution in [1.82, 2.24) is 10.2 Å². The second-order valence-corrected chi connectivity index (χ2v) is 4.12. The molecule has 1 fully saturated rings. The first-order chi connectivity index (χ1) is 5.98. The van der Waals surface area contributed by atoms with Gasteiger partial charge in [0.2, 0.25) is 0 Å². The number of nitrogens with one attached hydrogen (secondary N) is 1. The Kier molecular flexibility index (Phi) is 2.81. The highest BCUT2D eigenvalue weighted by atomic mass is 16.4. The van der Waals surface area contributed by atoms with E-state index in [1.54, 1.807) is 4.90 Å². The number of hydrogen-bond acceptors (Lipinski definition) is 2. The highest BCUT2D eigenvalue weighted by Gasteiger charge is 2.39. The van der Waals surface area contributed by atoms with Crippen molar-refractivity contribution in [1.29, 1.82) is 0 Å². The normalized spacial score (nSPS) is 29.4. The van der Waals surface area contributed by atoms with Crippen LogP contribution in [0, 0.1) is 5.92 Å². The maximum absolute atomic E-state index is 11.0. The van der Waals surface area contributed by atoms with Gasteiger partial charge in [-0.25, -0.2) is 4.79 Å². The molecule has 4 nitrogen and oxygen atoms in total. The Balaban J connectivity index is 2.83. The standard InChI is InChI=1S/C9H18N2O2/c1-7(2)9(3)6-10-4-5-11(9)8(12)13/h7,10H,4-6H2,1-3H3,(H,12,13). The molecule has 0 aromatic rings. The fourth-order valence-electron chi connectivity index (χ4n) is 1.71. The predicted molar refractivity (Wildman–Crippen MR) is 50.8 cm³/mol. The van der Waals surface area contributed by atoms with Gasteiger partial charge in [-0.1, -0.05) is 13.8 Å². The first-order valence-electron chi connectivity index (χ1n) is 4.70. The molecule has 1 aliphatic heterocycles. The van der Waals surface area contributed by atoms with E-state index in [-0.39, 0.29) is 5.54 Å². The molecular weight excluding hydrogens is 168 g/mol. The Morgan fingerprint density at radius 2 is 2.23 bits per heavy atom. The van der Waals surface area contributed by atoms with Gasteiger partial charge in [0.05, 0.1) is 5.54 Å². The third-order valence-corrected chi connectivity index (χ3v) is 3.09. The average molecular weight is 186 g/mol. The van der Waals surface area contributed by atoms with E-state index in [9.17, 15) is 4.79 Å². The summed E-state index contributed by atoms with van der Waals surface area (Å²) >= 11 is 0. The van der Waals surface area contributed by atoms with Crippen LogP contribution in [0.5, 0.6) is 0 Å². The van der Waals surface area contributed by atoms with Gasteiger partial charge in [0.1, 0.15) is 0 Å². The molecule has 0 aromatic heterocycles. The summed E-state index contributed by atoms with van der Waals surface area (Å²) in [5, 5.41) is 12.3. The Labute approximate surface area is 78.9 Å². The van der Waals surface area contributed by atoms with Crippen LogP contribution in [0.1, 0.15) is 20.8 Å². The Morgan fingerprint density at radius 1 is 1.62 bits per heavy atom. The van der Waals surface area contributed by atoms with Crippen LogP contribution in [-0.2, 0) is 0 Å². The van der Waals surface area contributed by atoms with Crippen LogP contribution < -0.4 is 5.32 Å². The van der Waals surface area contributed by atoms with E-state index in [1.165, 1.54) is 0 Å². The van der Waals surface area contributed by atoms with E-state index in [1.807, 2.05) is 6.92 Å². The molecule has 1 unspecified atom stereocenters. The highest BCUT2D eigenvalue weighted by molar-refractivity contribution is 5.66. The smallest absolute Gasteiger partial charge is 0.407 e. The minimum atomic E-state index is -0.808. The van der Waals surface area contributed by atoms with Gasteiger partial charge < -0.3 is 15.3 Å². The topological polar surface area (TPSA) is 52.6 Å². The third kappa shape index (κ3) is 1.77. The fourth-order valence-corrected chi connectivity index (χ4v) is 1.71. The van der Waals surface area contributed by atoms with Gasteiger partial charge >= 0.3 is 6.09 Å².